The average Bonchev–Trinajstić information content (AvgIpc) is 2.18. The Kier molecular flexibility index (Phi) is 3.88. The number of aryl methyl sites for hydroxylation is 1. The van der Waals surface area contributed by atoms with Gasteiger partial charge in [-0.3, -0.25) is 9.59 Å². The second-order valence-corrected chi connectivity index (χ2v) is 3.46. The van der Waals surface area contributed by atoms with Crippen LogP contribution in [0.3, 0.4) is 0 Å². The number of hydrogen-bond donors (Lipinski definition) is 3. The van der Waals surface area contributed by atoms with Gasteiger partial charge >= 0.3 is 5.97 Å². The number of carbonyl (C=O) groups excluding carboxylic acids is 1. The van der Waals surface area contributed by atoms with Crippen molar-refractivity contribution >= 4 is 23.3 Å². The molecule has 0 unspecified atom stereocenters. The molecule has 86 valence electrons. The molecule has 0 heterocycles. The van der Waals surface area contributed by atoms with Gasteiger partial charge < -0.3 is 15.7 Å². The number of aliphatic carboxylic acids is 1. The second kappa shape index (κ2) is 5.16. The topological polar surface area (TPSA) is 78.4 Å². The molecular formula is C11H14N2O3. The number of anilines is 2. The quantitative estimate of drug-likeness (QED) is 0.720. The van der Waals surface area contributed by atoms with Gasteiger partial charge in [0, 0.05) is 18.3 Å². The molecule has 16 heavy (non-hydrogen) atoms. The molecule has 0 fully saturated rings. The van der Waals surface area contributed by atoms with Crippen molar-refractivity contribution in [1.82, 2.24) is 0 Å². The van der Waals surface area contributed by atoms with Crippen molar-refractivity contribution in [3.05, 3.63) is 23.8 Å². The summed E-state index contributed by atoms with van der Waals surface area (Å²) in [7, 11) is 0. The summed E-state index contributed by atoms with van der Waals surface area (Å²) in [4.78, 5) is 21.3. The van der Waals surface area contributed by atoms with Gasteiger partial charge in [-0.15, -0.1) is 0 Å². The molecule has 1 amide bonds. The summed E-state index contributed by atoms with van der Waals surface area (Å²) in [6.07, 6.45) is 0. The Morgan fingerprint density at radius 1 is 1.38 bits per heavy atom. The van der Waals surface area contributed by atoms with Crippen LogP contribution >= 0.6 is 0 Å². The highest BCUT2D eigenvalue weighted by molar-refractivity contribution is 5.89. The monoisotopic (exact) mass is 222 g/mol. The number of carbonyl (C=O) groups is 2. The molecule has 0 bridgehead atoms. The number of carboxylic acid groups (broad SMARTS) is 1. The minimum Gasteiger partial charge on any atom is -0.480 e. The highest BCUT2D eigenvalue weighted by atomic mass is 16.4. The van der Waals surface area contributed by atoms with Crippen LogP contribution in [0.4, 0.5) is 11.4 Å². The van der Waals surface area contributed by atoms with Crippen molar-refractivity contribution in [1.29, 1.82) is 0 Å². The number of hydrogen-bond acceptors (Lipinski definition) is 3. The molecule has 0 aliphatic carbocycles. The van der Waals surface area contributed by atoms with Crippen LogP contribution in [0, 0.1) is 6.92 Å². The summed E-state index contributed by atoms with van der Waals surface area (Å²) in [5, 5.41) is 14.0. The molecule has 5 heteroatoms. The second-order valence-electron chi connectivity index (χ2n) is 3.46. The Labute approximate surface area is 93.5 Å². The van der Waals surface area contributed by atoms with Crippen molar-refractivity contribution < 1.29 is 14.7 Å². The Morgan fingerprint density at radius 2 is 2.06 bits per heavy atom. The Hall–Kier alpha value is -2.04. The van der Waals surface area contributed by atoms with E-state index in [9.17, 15) is 9.59 Å². The molecule has 0 saturated carbocycles. The predicted octanol–water partition coefficient (Wildman–Crippen LogP) is 1.45. The van der Waals surface area contributed by atoms with Gasteiger partial charge in [0.15, 0.2) is 0 Å². The third-order valence-electron chi connectivity index (χ3n) is 1.99. The van der Waals surface area contributed by atoms with E-state index in [0.717, 1.165) is 5.56 Å². The molecule has 5 nitrogen and oxygen atoms in total. The largest absolute Gasteiger partial charge is 0.480 e. The third-order valence-corrected chi connectivity index (χ3v) is 1.99. The first kappa shape index (κ1) is 12.0. The zero-order valence-electron chi connectivity index (χ0n) is 9.20. The molecule has 0 aromatic heterocycles. The lowest BCUT2D eigenvalue weighted by Gasteiger charge is -2.10. The fourth-order valence-electron chi connectivity index (χ4n) is 1.26. The third kappa shape index (κ3) is 3.61. The van der Waals surface area contributed by atoms with Crippen molar-refractivity contribution in [2.24, 2.45) is 0 Å². The van der Waals surface area contributed by atoms with Gasteiger partial charge in [-0.2, -0.15) is 0 Å². The summed E-state index contributed by atoms with van der Waals surface area (Å²) in [6, 6.07) is 5.29. The first-order chi connectivity index (χ1) is 7.49. The van der Waals surface area contributed by atoms with Crippen LogP contribution < -0.4 is 10.6 Å². The summed E-state index contributed by atoms with van der Waals surface area (Å²) in [5.41, 5.74) is 2.27. The molecule has 3 N–H and O–H groups in total. The smallest absolute Gasteiger partial charge is 0.322 e. The van der Waals surface area contributed by atoms with Crippen LogP contribution in [-0.2, 0) is 9.59 Å². The van der Waals surface area contributed by atoms with Crippen LogP contribution in [0.15, 0.2) is 18.2 Å². The van der Waals surface area contributed by atoms with E-state index in [4.69, 9.17) is 5.11 Å². The Bertz CT molecular complexity index is 416. The van der Waals surface area contributed by atoms with E-state index in [1.54, 1.807) is 12.1 Å². The lowest BCUT2D eigenvalue weighted by molar-refractivity contribution is -0.135. The van der Waals surface area contributed by atoms with Crippen molar-refractivity contribution in [2.45, 2.75) is 13.8 Å². The van der Waals surface area contributed by atoms with E-state index in [-0.39, 0.29) is 12.5 Å². The van der Waals surface area contributed by atoms with Gasteiger partial charge in [-0.1, -0.05) is 6.07 Å². The normalized spacial score (nSPS) is 9.62. The number of carboxylic acids is 1. The molecular weight excluding hydrogens is 208 g/mol. The van der Waals surface area contributed by atoms with E-state index in [0.29, 0.717) is 11.4 Å². The number of nitrogens with one attached hydrogen (secondary N) is 2. The number of rotatable bonds is 4. The molecule has 1 aromatic rings. The van der Waals surface area contributed by atoms with Gasteiger partial charge in [0.2, 0.25) is 5.91 Å². The summed E-state index contributed by atoms with van der Waals surface area (Å²) in [6.45, 7) is 3.14. The maximum Gasteiger partial charge on any atom is 0.322 e. The van der Waals surface area contributed by atoms with E-state index in [2.05, 4.69) is 10.6 Å². The van der Waals surface area contributed by atoms with Crippen LogP contribution in [0.25, 0.3) is 0 Å². The maximum absolute atomic E-state index is 10.8. The van der Waals surface area contributed by atoms with Crippen LogP contribution in [0.1, 0.15) is 12.5 Å². The highest BCUT2D eigenvalue weighted by Gasteiger charge is 2.03. The number of amides is 1. The summed E-state index contributed by atoms with van der Waals surface area (Å²) >= 11 is 0. The van der Waals surface area contributed by atoms with Crippen LogP contribution in [-0.4, -0.2) is 23.5 Å². The fourth-order valence-corrected chi connectivity index (χ4v) is 1.26. The molecule has 0 saturated heterocycles. The molecule has 1 rings (SSSR count). The van der Waals surface area contributed by atoms with Gasteiger partial charge in [0.05, 0.1) is 0 Å². The first-order valence-electron chi connectivity index (χ1n) is 4.83. The van der Waals surface area contributed by atoms with E-state index in [1.165, 1.54) is 6.92 Å². The molecule has 0 aliphatic rings. The Balaban J connectivity index is 2.81. The van der Waals surface area contributed by atoms with Crippen LogP contribution in [0.2, 0.25) is 0 Å². The molecule has 0 radical (unpaired) electrons. The maximum atomic E-state index is 10.8. The van der Waals surface area contributed by atoms with E-state index in [1.807, 2.05) is 13.0 Å². The van der Waals surface area contributed by atoms with Gasteiger partial charge in [0.1, 0.15) is 6.54 Å². The SMILES string of the molecule is CC(=O)Nc1ccc(C)c(NCC(=O)O)c1. The summed E-state index contributed by atoms with van der Waals surface area (Å²) < 4.78 is 0. The van der Waals surface area contributed by atoms with E-state index < -0.39 is 5.97 Å². The standard InChI is InChI=1S/C11H14N2O3/c1-7-3-4-9(13-8(2)14)5-10(7)12-6-11(15)16/h3-5,12H,6H2,1-2H3,(H,13,14)(H,15,16). The minimum atomic E-state index is -0.927. The average molecular weight is 222 g/mol. The zero-order chi connectivity index (χ0) is 12.1. The first-order valence-corrected chi connectivity index (χ1v) is 4.83. The lowest BCUT2D eigenvalue weighted by atomic mass is 10.2. The van der Waals surface area contributed by atoms with Crippen molar-refractivity contribution in [3.8, 4) is 0 Å². The predicted molar refractivity (Wildman–Crippen MR) is 61.6 cm³/mol. The molecule has 0 spiro atoms. The van der Waals surface area contributed by atoms with Gasteiger partial charge in [0.25, 0.3) is 0 Å². The Morgan fingerprint density at radius 3 is 2.62 bits per heavy atom. The molecule has 0 aliphatic heterocycles. The van der Waals surface area contributed by atoms with Crippen molar-refractivity contribution in [2.75, 3.05) is 17.2 Å². The minimum absolute atomic E-state index is 0.148. The highest BCUT2D eigenvalue weighted by Crippen LogP contribution is 2.19. The lowest BCUT2D eigenvalue weighted by Crippen LogP contribution is -2.13. The van der Waals surface area contributed by atoms with Gasteiger partial charge in [-0.05, 0) is 24.6 Å². The summed E-state index contributed by atoms with van der Waals surface area (Å²) in [5.74, 6) is -1.09. The van der Waals surface area contributed by atoms with Crippen LogP contribution in [0.5, 0.6) is 0 Å². The zero-order valence-corrected chi connectivity index (χ0v) is 9.20. The molecule has 1 aromatic carbocycles. The fraction of sp³-hybridized carbons (Fsp3) is 0.273. The van der Waals surface area contributed by atoms with Gasteiger partial charge in [-0.25, -0.2) is 0 Å². The van der Waals surface area contributed by atoms with Crippen molar-refractivity contribution in [3.63, 3.8) is 0 Å². The molecule has 0 atom stereocenters. The number of benzene rings is 1. The van der Waals surface area contributed by atoms with E-state index >= 15 is 0 Å².